The molecule has 23 heavy (non-hydrogen) atoms. The normalized spacial score (nSPS) is 10.6. The number of ether oxygens (including phenoxy) is 3. The SMILES string of the molecule is COc1cc(OC)c2occ(-c3ccc(OC)nc3)c(=O)c2c1. The first-order chi connectivity index (χ1) is 11.2. The molecule has 0 spiro atoms. The predicted octanol–water partition coefficient (Wildman–Crippen LogP) is 2.88. The van der Waals surface area contributed by atoms with Crippen LogP contribution < -0.4 is 19.6 Å². The van der Waals surface area contributed by atoms with Gasteiger partial charge in [0.2, 0.25) is 11.3 Å². The molecule has 2 heterocycles. The molecule has 0 aliphatic rings. The second-order valence-electron chi connectivity index (χ2n) is 4.77. The van der Waals surface area contributed by atoms with Crippen LogP contribution in [0.4, 0.5) is 0 Å². The van der Waals surface area contributed by atoms with E-state index in [0.29, 0.717) is 39.5 Å². The number of hydrogen-bond acceptors (Lipinski definition) is 6. The van der Waals surface area contributed by atoms with Crippen LogP contribution in [0.3, 0.4) is 0 Å². The van der Waals surface area contributed by atoms with Gasteiger partial charge in [-0.25, -0.2) is 4.98 Å². The van der Waals surface area contributed by atoms with Crippen molar-refractivity contribution >= 4 is 11.0 Å². The van der Waals surface area contributed by atoms with Crippen LogP contribution in [0, 0.1) is 0 Å². The van der Waals surface area contributed by atoms with Gasteiger partial charge in [-0.05, 0) is 12.1 Å². The number of rotatable bonds is 4. The fourth-order valence-corrected chi connectivity index (χ4v) is 2.31. The van der Waals surface area contributed by atoms with Crippen LogP contribution in [0.25, 0.3) is 22.1 Å². The van der Waals surface area contributed by atoms with Gasteiger partial charge in [0, 0.05) is 23.9 Å². The van der Waals surface area contributed by atoms with Crippen LogP contribution in [0.15, 0.2) is 45.9 Å². The molecule has 0 amide bonds. The Morgan fingerprint density at radius 2 is 1.87 bits per heavy atom. The molecule has 3 aromatic rings. The number of aromatic nitrogens is 1. The van der Waals surface area contributed by atoms with Crippen molar-refractivity contribution in [3.05, 3.63) is 46.9 Å². The summed E-state index contributed by atoms with van der Waals surface area (Å²) in [5, 5.41) is 0.384. The minimum absolute atomic E-state index is 0.185. The molecule has 0 fully saturated rings. The summed E-state index contributed by atoms with van der Waals surface area (Å²) in [7, 11) is 4.57. The van der Waals surface area contributed by atoms with E-state index in [9.17, 15) is 4.79 Å². The Hall–Kier alpha value is -3.02. The molecule has 0 aliphatic heterocycles. The van der Waals surface area contributed by atoms with E-state index in [1.807, 2.05) is 0 Å². The van der Waals surface area contributed by atoms with Crippen molar-refractivity contribution in [2.24, 2.45) is 0 Å². The highest BCUT2D eigenvalue weighted by Gasteiger charge is 2.14. The molecule has 0 saturated heterocycles. The van der Waals surface area contributed by atoms with Crippen molar-refractivity contribution in [3.63, 3.8) is 0 Å². The highest BCUT2D eigenvalue weighted by Crippen LogP contribution is 2.31. The minimum atomic E-state index is -0.185. The summed E-state index contributed by atoms with van der Waals surface area (Å²) in [4.78, 5) is 16.9. The zero-order valence-electron chi connectivity index (χ0n) is 13.0. The average Bonchev–Trinajstić information content (AvgIpc) is 2.61. The highest BCUT2D eigenvalue weighted by atomic mass is 16.5. The lowest BCUT2D eigenvalue weighted by atomic mass is 10.1. The van der Waals surface area contributed by atoms with Crippen molar-refractivity contribution in [1.82, 2.24) is 4.98 Å². The second-order valence-corrected chi connectivity index (χ2v) is 4.77. The van der Waals surface area contributed by atoms with Gasteiger partial charge in [-0.2, -0.15) is 0 Å². The average molecular weight is 313 g/mol. The molecule has 0 radical (unpaired) electrons. The van der Waals surface area contributed by atoms with Gasteiger partial charge in [-0.1, -0.05) is 0 Å². The number of nitrogens with zero attached hydrogens (tertiary/aromatic N) is 1. The van der Waals surface area contributed by atoms with E-state index < -0.39 is 0 Å². The molecule has 0 unspecified atom stereocenters. The Labute approximate surface area is 132 Å². The summed E-state index contributed by atoms with van der Waals surface area (Å²) < 4.78 is 21.1. The molecule has 118 valence electrons. The summed E-state index contributed by atoms with van der Waals surface area (Å²) >= 11 is 0. The Morgan fingerprint density at radius 1 is 1.04 bits per heavy atom. The maximum Gasteiger partial charge on any atom is 0.212 e. The van der Waals surface area contributed by atoms with Crippen molar-refractivity contribution in [3.8, 4) is 28.5 Å². The molecule has 0 N–H and O–H groups in total. The van der Waals surface area contributed by atoms with Gasteiger partial charge >= 0.3 is 0 Å². The van der Waals surface area contributed by atoms with E-state index in [1.54, 1.807) is 30.5 Å². The van der Waals surface area contributed by atoms with Gasteiger partial charge in [-0.3, -0.25) is 4.79 Å². The predicted molar refractivity (Wildman–Crippen MR) is 85.4 cm³/mol. The third kappa shape index (κ3) is 2.59. The largest absolute Gasteiger partial charge is 0.497 e. The molecule has 2 aromatic heterocycles. The number of fused-ring (bicyclic) bond motifs is 1. The van der Waals surface area contributed by atoms with Crippen LogP contribution in [0.2, 0.25) is 0 Å². The summed E-state index contributed by atoms with van der Waals surface area (Å²) in [6, 6.07) is 6.73. The first-order valence-electron chi connectivity index (χ1n) is 6.86. The van der Waals surface area contributed by atoms with E-state index in [4.69, 9.17) is 18.6 Å². The lowest BCUT2D eigenvalue weighted by molar-refractivity contribution is 0.392. The van der Waals surface area contributed by atoms with Gasteiger partial charge in [0.1, 0.15) is 12.0 Å². The molecule has 0 atom stereocenters. The zero-order chi connectivity index (χ0) is 16.4. The van der Waals surface area contributed by atoms with Crippen molar-refractivity contribution in [1.29, 1.82) is 0 Å². The second kappa shape index (κ2) is 6.00. The molecule has 0 saturated carbocycles. The molecular weight excluding hydrogens is 298 g/mol. The third-order valence-electron chi connectivity index (χ3n) is 3.52. The minimum Gasteiger partial charge on any atom is -0.497 e. The Morgan fingerprint density at radius 3 is 2.48 bits per heavy atom. The fraction of sp³-hybridized carbons (Fsp3) is 0.176. The number of pyridine rings is 1. The maximum absolute atomic E-state index is 12.8. The quantitative estimate of drug-likeness (QED) is 0.737. The fourth-order valence-electron chi connectivity index (χ4n) is 2.31. The van der Waals surface area contributed by atoms with E-state index in [0.717, 1.165) is 0 Å². The van der Waals surface area contributed by atoms with Crippen LogP contribution in [0.1, 0.15) is 0 Å². The van der Waals surface area contributed by atoms with Gasteiger partial charge in [0.05, 0.1) is 32.3 Å². The van der Waals surface area contributed by atoms with Crippen LogP contribution in [-0.2, 0) is 0 Å². The smallest absolute Gasteiger partial charge is 0.212 e. The molecular formula is C17H15NO5. The summed E-state index contributed by atoms with van der Waals surface area (Å²) in [6.07, 6.45) is 2.97. The third-order valence-corrected chi connectivity index (χ3v) is 3.52. The molecule has 3 rings (SSSR count). The zero-order valence-corrected chi connectivity index (χ0v) is 13.0. The van der Waals surface area contributed by atoms with Crippen molar-refractivity contribution in [2.45, 2.75) is 0 Å². The van der Waals surface area contributed by atoms with Crippen LogP contribution in [-0.4, -0.2) is 26.3 Å². The van der Waals surface area contributed by atoms with E-state index in [-0.39, 0.29) is 5.43 Å². The molecule has 1 aromatic carbocycles. The number of benzene rings is 1. The van der Waals surface area contributed by atoms with Gasteiger partial charge in [-0.15, -0.1) is 0 Å². The van der Waals surface area contributed by atoms with E-state index in [1.165, 1.54) is 27.6 Å². The monoisotopic (exact) mass is 313 g/mol. The number of hydrogen-bond donors (Lipinski definition) is 0. The number of methoxy groups -OCH3 is 3. The van der Waals surface area contributed by atoms with E-state index in [2.05, 4.69) is 4.98 Å². The lowest BCUT2D eigenvalue weighted by Crippen LogP contribution is -2.06. The molecule has 6 nitrogen and oxygen atoms in total. The first kappa shape index (κ1) is 14.9. The standard InChI is InChI=1S/C17H15NO5/c1-20-11-6-12-16(19)13(9-23-17(12)14(7-11)21-2)10-4-5-15(22-3)18-8-10/h4-9H,1-3H3. The van der Waals surface area contributed by atoms with Crippen LogP contribution in [0.5, 0.6) is 17.4 Å². The summed E-state index contributed by atoms with van der Waals surface area (Å²) in [6.45, 7) is 0. The molecule has 0 bridgehead atoms. The van der Waals surface area contributed by atoms with Crippen molar-refractivity contribution in [2.75, 3.05) is 21.3 Å². The van der Waals surface area contributed by atoms with Crippen molar-refractivity contribution < 1.29 is 18.6 Å². The highest BCUT2D eigenvalue weighted by molar-refractivity contribution is 5.87. The lowest BCUT2D eigenvalue weighted by Gasteiger charge is -2.09. The van der Waals surface area contributed by atoms with Crippen LogP contribution >= 0.6 is 0 Å². The molecule has 6 heteroatoms. The summed E-state index contributed by atoms with van der Waals surface area (Å²) in [5.74, 6) is 1.43. The Bertz CT molecular complexity index is 899. The maximum atomic E-state index is 12.8. The first-order valence-corrected chi connectivity index (χ1v) is 6.86. The van der Waals surface area contributed by atoms with Gasteiger partial charge in [0.15, 0.2) is 11.3 Å². The van der Waals surface area contributed by atoms with Gasteiger partial charge in [0.25, 0.3) is 0 Å². The Balaban J connectivity index is 2.23. The summed E-state index contributed by atoms with van der Waals surface area (Å²) in [5.41, 5.74) is 1.24. The molecule has 0 aliphatic carbocycles. The van der Waals surface area contributed by atoms with Gasteiger partial charge < -0.3 is 18.6 Å². The Kier molecular flexibility index (Phi) is 3.89. The topological polar surface area (TPSA) is 70.8 Å². The van der Waals surface area contributed by atoms with E-state index >= 15 is 0 Å².